The third kappa shape index (κ3) is 3.53. The van der Waals surface area contributed by atoms with Gasteiger partial charge in [-0.2, -0.15) is 5.10 Å². The number of halogens is 1. The predicted octanol–water partition coefficient (Wildman–Crippen LogP) is 1.98. The van der Waals surface area contributed by atoms with Crippen LogP contribution >= 0.6 is 11.6 Å². The molecule has 0 radical (unpaired) electrons. The number of piperidine rings is 1. The number of H-pyrrole nitrogens is 1. The zero-order valence-electron chi connectivity index (χ0n) is 12.3. The number of sulfonamides is 1. The number of anilines is 1. The van der Waals surface area contributed by atoms with Crippen molar-refractivity contribution in [1.82, 2.24) is 14.9 Å². The highest BCUT2D eigenvalue weighted by atomic mass is 35.5. The lowest BCUT2D eigenvalue weighted by Gasteiger charge is -2.34. The van der Waals surface area contributed by atoms with Gasteiger partial charge in [0.25, 0.3) is 0 Å². The Hall–Kier alpha value is -1.31. The molecule has 6 nitrogen and oxygen atoms in total. The van der Waals surface area contributed by atoms with E-state index >= 15 is 0 Å². The van der Waals surface area contributed by atoms with E-state index in [1.165, 1.54) is 6.26 Å². The van der Waals surface area contributed by atoms with Crippen molar-refractivity contribution in [2.24, 2.45) is 5.92 Å². The Morgan fingerprint density at radius 1 is 1.50 bits per heavy atom. The first-order valence-electron chi connectivity index (χ1n) is 7.24. The van der Waals surface area contributed by atoms with Crippen molar-refractivity contribution < 1.29 is 8.42 Å². The minimum absolute atomic E-state index is 0.296. The van der Waals surface area contributed by atoms with Crippen LogP contribution in [0.5, 0.6) is 0 Å². The second kappa shape index (κ2) is 6.06. The molecule has 120 valence electrons. The first-order chi connectivity index (χ1) is 10.4. The first-order valence-corrected chi connectivity index (χ1v) is 9.51. The average Bonchev–Trinajstić information content (AvgIpc) is 2.92. The molecule has 1 saturated heterocycles. The van der Waals surface area contributed by atoms with Gasteiger partial charge in [-0.05, 0) is 30.9 Å². The molecule has 1 aliphatic rings. The molecule has 2 heterocycles. The van der Waals surface area contributed by atoms with E-state index < -0.39 is 10.0 Å². The van der Waals surface area contributed by atoms with Gasteiger partial charge in [0.2, 0.25) is 10.0 Å². The zero-order chi connectivity index (χ0) is 15.7. The molecule has 8 heteroatoms. The van der Waals surface area contributed by atoms with Gasteiger partial charge in [-0.15, -0.1) is 0 Å². The Morgan fingerprint density at radius 3 is 3.09 bits per heavy atom. The fraction of sp³-hybridized carbons (Fsp3) is 0.500. The Balaban J connectivity index is 1.80. The van der Waals surface area contributed by atoms with Crippen LogP contribution in [-0.4, -0.2) is 44.5 Å². The van der Waals surface area contributed by atoms with Gasteiger partial charge < -0.3 is 4.90 Å². The number of rotatable bonds is 4. The quantitative estimate of drug-likeness (QED) is 0.890. The number of hydrogen-bond donors (Lipinski definition) is 2. The minimum atomic E-state index is -3.14. The van der Waals surface area contributed by atoms with Crippen LogP contribution < -0.4 is 9.62 Å². The molecule has 3 rings (SSSR count). The molecular formula is C14H19ClN4O2S. The van der Waals surface area contributed by atoms with Crippen LogP contribution in [0, 0.1) is 5.92 Å². The SMILES string of the molecule is CS(=O)(=O)NCC1CCCN(c2cc(Cl)cc3[nH]ncc23)C1. The third-order valence-corrected chi connectivity index (χ3v) is 4.90. The van der Waals surface area contributed by atoms with Crippen molar-refractivity contribution in [3.05, 3.63) is 23.4 Å². The van der Waals surface area contributed by atoms with E-state index in [0.29, 0.717) is 17.5 Å². The van der Waals surface area contributed by atoms with Gasteiger partial charge in [0.15, 0.2) is 0 Å². The number of aromatic amines is 1. The number of benzene rings is 1. The highest BCUT2D eigenvalue weighted by Gasteiger charge is 2.23. The van der Waals surface area contributed by atoms with Crippen molar-refractivity contribution >= 4 is 38.2 Å². The molecular weight excluding hydrogens is 324 g/mol. The molecule has 0 saturated carbocycles. The lowest BCUT2D eigenvalue weighted by atomic mass is 9.97. The predicted molar refractivity (Wildman–Crippen MR) is 88.9 cm³/mol. The third-order valence-electron chi connectivity index (χ3n) is 4.00. The van der Waals surface area contributed by atoms with Crippen molar-refractivity contribution in [1.29, 1.82) is 0 Å². The van der Waals surface area contributed by atoms with Gasteiger partial charge in [-0.25, -0.2) is 13.1 Å². The largest absolute Gasteiger partial charge is 0.371 e. The van der Waals surface area contributed by atoms with E-state index in [9.17, 15) is 8.42 Å². The van der Waals surface area contributed by atoms with E-state index in [1.807, 2.05) is 12.1 Å². The maximum Gasteiger partial charge on any atom is 0.208 e. The number of nitrogens with one attached hydrogen (secondary N) is 2. The summed E-state index contributed by atoms with van der Waals surface area (Å²) in [6.45, 7) is 2.23. The van der Waals surface area contributed by atoms with Crippen LogP contribution in [0.4, 0.5) is 5.69 Å². The molecule has 0 aliphatic carbocycles. The van der Waals surface area contributed by atoms with Crippen LogP contribution in [0.1, 0.15) is 12.8 Å². The van der Waals surface area contributed by atoms with Crippen LogP contribution in [-0.2, 0) is 10.0 Å². The summed E-state index contributed by atoms with van der Waals surface area (Å²) in [5, 5.41) is 8.74. The van der Waals surface area contributed by atoms with Crippen molar-refractivity contribution in [3.8, 4) is 0 Å². The molecule has 1 fully saturated rings. The number of fused-ring (bicyclic) bond motifs is 1. The number of nitrogens with zero attached hydrogens (tertiary/aromatic N) is 2. The minimum Gasteiger partial charge on any atom is -0.371 e. The summed E-state index contributed by atoms with van der Waals surface area (Å²) < 4.78 is 25.1. The van der Waals surface area contributed by atoms with Crippen LogP contribution in [0.15, 0.2) is 18.3 Å². The van der Waals surface area contributed by atoms with E-state index in [1.54, 1.807) is 6.20 Å². The van der Waals surface area contributed by atoms with Gasteiger partial charge >= 0.3 is 0 Å². The molecule has 1 aromatic carbocycles. The lowest BCUT2D eigenvalue weighted by molar-refractivity contribution is 0.412. The van der Waals surface area contributed by atoms with E-state index in [-0.39, 0.29) is 0 Å². The van der Waals surface area contributed by atoms with Crippen molar-refractivity contribution in [2.75, 3.05) is 30.8 Å². The fourth-order valence-corrected chi connectivity index (χ4v) is 3.73. The maximum absolute atomic E-state index is 11.3. The van der Waals surface area contributed by atoms with Gasteiger partial charge in [0.05, 0.1) is 18.0 Å². The summed E-state index contributed by atoms with van der Waals surface area (Å²) in [6, 6.07) is 3.81. The Bertz CT molecular complexity index is 774. The summed E-state index contributed by atoms with van der Waals surface area (Å²) in [4.78, 5) is 2.27. The highest BCUT2D eigenvalue weighted by Crippen LogP contribution is 2.32. The molecule has 22 heavy (non-hydrogen) atoms. The smallest absolute Gasteiger partial charge is 0.208 e. The Kier molecular flexibility index (Phi) is 4.29. The van der Waals surface area contributed by atoms with Gasteiger partial charge in [0, 0.05) is 35.7 Å². The topological polar surface area (TPSA) is 78.1 Å². The summed E-state index contributed by atoms with van der Waals surface area (Å²) in [5.74, 6) is 0.296. The molecule has 1 atom stereocenters. The van der Waals surface area contributed by atoms with Crippen LogP contribution in [0.2, 0.25) is 5.02 Å². The second-order valence-corrected chi connectivity index (χ2v) is 8.10. The van der Waals surface area contributed by atoms with Gasteiger partial charge in [-0.1, -0.05) is 11.6 Å². The van der Waals surface area contributed by atoms with Crippen LogP contribution in [0.3, 0.4) is 0 Å². The fourth-order valence-electron chi connectivity index (χ4n) is 2.98. The molecule has 0 bridgehead atoms. The maximum atomic E-state index is 11.3. The van der Waals surface area contributed by atoms with Gasteiger partial charge in [0.1, 0.15) is 0 Å². The summed E-state index contributed by atoms with van der Waals surface area (Å²) in [6.07, 6.45) is 5.05. The van der Waals surface area contributed by atoms with Gasteiger partial charge in [-0.3, -0.25) is 5.10 Å². The lowest BCUT2D eigenvalue weighted by Crippen LogP contribution is -2.40. The Morgan fingerprint density at radius 2 is 2.32 bits per heavy atom. The summed E-state index contributed by atoms with van der Waals surface area (Å²) in [5.41, 5.74) is 1.97. The normalized spacial score (nSPS) is 19.7. The number of aromatic nitrogens is 2. The molecule has 1 aliphatic heterocycles. The molecule has 1 aromatic heterocycles. The second-order valence-electron chi connectivity index (χ2n) is 5.83. The average molecular weight is 343 g/mol. The van der Waals surface area contributed by atoms with Crippen molar-refractivity contribution in [2.45, 2.75) is 12.8 Å². The summed E-state index contributed by atoms with van der Waals surface area (Å²) >= 11 is 6.19. The molecule has 2 N–H and O–H groups in total. The molecule has 0 spiro atoms. The van der Waals surface area contributed by atoms with Crippen molar-refractivity contribution in [3.63, 3.8) is 0 Å². The standard InChI is InChI=1S/C14H19ClN4O2S/c1-22(20,21)17-7-10-3-2-4-19(9-10)14-6-11(15)5-13-12(14)8-16-18-13/h5-6,8,10,17H,2-4,7,9H2,1H3,(H,16,18). The first kappa shape index (κ1) is 15.6. The summed E-state index contributed by atoms with van der Waals surface area (Å²) in [7, 11) is -3.14. The van der Waals surface area contributed by atoms with E-state index in [0.717, 1.165) is 42.5 Å². The van der Waals surface area contributed by atoms with Crippen LogP contribution in [0.25, 0.3) is 10.9 Å². The molecule has 1 unspecified atom stereocenters. The van der Waals surface area contributed by atoms with E-state index in [4.69, 9.17) is 11.6 Å². The number of hydrogen-bond acceptors (Lipinski definition) is 4. The zero-order valence-corrected chi connectivity index (χ0v) is 13.9. The Labute approximate surface area is 134 Å². The molecule has 2 aromatic rings. The molecule has 0 amide bonds. The highest BCUT2D eigenvalue weighted by molar-refractivity contribution is 7.88. The van der Waals surface area contributed by atoms with E-state index in [2.05, 4.69) is 19.8 Å². The monoisotopic (exact) mass is 342 g/mol.